The van der Waals surface area contributed by atoms with Crippen molar-refractivity contribution in [1.82, 2.24) is 5.32 Å². The molecule has 0 aliphatic carbocycles. The van der Waals surface area contributed by atoms with Gasteiger partial charge in [-0.1, -0.05) is 19.4 Å². The highest BCUT2D eigenvalue weighted by Crippen LogP contribution is 2.33. The zero-order chi connectivity index (χ0) is 14.6. The average molecular weight is 282 g/mol. The quantitative estimate of drug-likeness (QED) is 0.891. The molecule has 1 aromatic carbocycles. The maximum atomic E-state index is 13.6. The molecule has 1 unspecified atom stereocenters. The summed E-state index contributed by atoms with van der Waals surface area (Å²) >= 11 is 0. The molecule has 1 fully saturated rings. The Morgan fingerprint density at radius 1 is 1.40 bits per heavy atom. The van der Waals surface area contributed by atoms with Crippen molar-refractivity contribution in [2.75, 3.05) is 18.4 Å². The monoisotopic (exact) mass is 282 g/mol. The van der Waals surface area contributed by atoms with Gasteiger partial charge in [-0.2, -0.15) is 0 Å². The van der Waals surface area contributed by atoms with Crippen molar-refractivity contribution in [3.63, 3.8) is 0 Å². The fraction of sp³-hybridized carbons (Fsp3) is 0.533. The number of benzene rings is 1. The number of hydrogen-bond acceptors (Lipinski definition) is 2. The number of anilines is 1. The van der Waals surface area contributed by atoms with E-state index in [1.807, 2.05) is 6.92 Å². The molecule has 0 bridgehead atoms. The molecule has 1 atom stereocenters. The fourth-order valence-electron chi connectivity index (χ4n) is 2.83. The summed E-state index contributed by atoms with van der Waals surface area (Å²) < 4.78 is 27.2. The van der Waals surface area contributed by atoms with Crippen LogP contribution >= 0.6 is 0 Å². The van der Waals surface area contributed by atoms with Crippen molar-refractivity contribution in [1.29, 1.82) is 0 Å². The van der Waals surface area contributed by atoms with Crippen LogP contribution in [0.25, 0.3) is 0 Å². The lowest BCUT2D eigenvalue weighted by Gasteiger charge is -2.36. The first kappa shape index (κ1) is 14.9. The molecule has 0 aromatic heterocycles. The first-order valence-electron chi connectivity index (χ1n) is 7.05. The van der Waals surface area contributed by atoms with Crippen molar-refractivity contribution in [3.05, 3.63) is 29.8 Å². The minimum Gasteiger partial charge on any atom is -0.321 e. The zero-order valence-corrected chi connectivity index (χ0v) is 11.6. The van der Waals surface area contributed by atoms with Gasteiger partial charge in [0.25, 0.3) is 0 Å². The number of halogens is 2. The van der Waals surface area contributed by atoms with Crippen LogP contribution in [0, 0.1) is 17.0 Å². The topological polar surface area (TPSA) is 41.1 Å². The van der Waals surface area contributed by atoms with E-state index in [1.165, 1.54) is 6.07 Å². The van der Waals surface area contributed by atoms with Crippen LogP contribution < -0.4 is 10.6 Å². The second kappa shape index (κ2) is 6.31. The summed E-state index contributed by atoms with van der Waals surface area (Å²) in [7, 11) is 0. The van der Waals surface area contributed by atoms with Crippen molar-refractivity contribution >= 4 is 11.6 Å². The summed E-state index contributed by atoms with van der Waals surface area (Å²) in [4.78, 5) is 12.5. The van der Waals surface area contributed by atoms with Gasteiger partial charge in [0.05, 0.1) is 5.41 Å². The number of nitrogens with one attached hydrogen (secondary N) is 2. The molecule has 2 N–H and O–H groups in total. The zero-order valence-electron chi connectivity index (χ0n) is 11.6. The number of carbonyl (C=O) groups excluding carboxylic acids is 1. The average Bonchev–Trinajstić information content (AvgIpc) is 2.44. The highest BCUT2D eigenvalue weighted by atomic mass is 19.1. The largest absolute Gasteiger partial charge is 0.321 e. The third-order valence-corrected chi connectivity index (χ3v) is 3.88. The maximum Gasteiger partial charge on any atom is 0.232 e. The van der Waals surface area contributed by atoms with Crippen LogP contribution in [0.1, 0.15) is 32.6 Å². The molecular weight excluding hydrogens is 262 g/mol. The lowest BCUT2D eigenvalue weighted by atomic mass is 9.76. The van der Waals surface area contributed by atoms with Crippen LogP contribution in [0.5, 0.6) is 0 Å². The van der Waals surface area contributed by atoms with E-state index in [9.17, 15) is 13.6 Å². The first-order valence-corrected chi connectivity index (χ1v) is 7.05. The van der Waals surface area contributed by atoms with Gasteiger partial charge in [0.2, 0.25) is 5.91 Å². The number of hydrogen-bond donors (Lipinski definition) is 2. The normalized spacial score (nSPS) is 22.6. The van der Waals surface area contributed by atoms with Gasteiger partial charge in [-0.25, -0.2) is 8.78 Å². The third-order valence-electron chi connectivity index (χ3n) is 3.88. The van der Waals surface area contributed by atoms with Crippen LogP contribution in [0.4, 0.5) is 14.5 Å². The molecule has 20 heavy (non-hydrogen) atoms. The molecule has 1 aromatic rings. The molecule has 0 spiro atoms. The van der Waals surface area contributed by atoms with Crippen molar-refractivity contribution in [2.45, 2.75) is 32.6 Å². The lowest BCUT2D eigenvalue weighted by Crippen LogP contribution is -2.48. The van der Waals surface area contributed by atoms with E-state index in [2.05, 4.69) is 10.6 Å². The van der Waals surface area contributed by atoms with E-state index in [-0.39, 0.29) is 11.6 Å². The van der Waals surface area contributed by atoms with E-state index < -0.39 is 17.0 Å². The summed E-state index contributed by atoms with van der Waals surface area (Å²) in [6.07, 6.45) is 3.21. The van der Waals surface area contributed by atoms with Crippen LogP contribution in [0.2, 0.25) is 0 Å². The Labute approximate surface area is 117 Å². The molecule has 0 saturated carbocycles. The molecular formula is C15H20F2N2O. The molecule has 1 aliphatic heterocycles. The van der Waals surface area contributed by atoms with Gasteiger partial charge >= 0.3 is 0 Å². The Morgan fingerprint density at radius 3 is 2.65 bits per heavy atom. The second-order valence-corrected chi connectivity index (χ2v) is 5.36. The minimum atomic E-state index is -0.742. The predicted molar refractivity (Wildman–Crippen MR) is 74.4 cm³/mol. The minimum absolute atomic E-state index is 0.296. The molecule has 3 nitrogen and oxygen atoms in total. The number of rotatable bonds is 4. The number of piperidine rings is 1. The SMILES string of the molecule is CCCC1(C(=O)Nc2c(F)cccc2F)CCCNC1. The highest BCUT2D eigenvalue weighted by molar-refractivity contribution is 5.95. The summed E-state index contributed by atoms with van der Waals surface area (Å²) in [5.74, 6) is -1.78. The molecule has 1 amide bonds. The van der Waals surface area contributed by atoms with Gasteiger partial charge in [0, 0.05) is 6.54 Å². The predicted octanol–water partition coefficient (Wildman–Crippen LogP) is 3.07. The van der Waals surface area contributed by atoms with Crippen LogP contribution in [-0.2, 0) is 4.79 Å². The summed E-state index contributed by atoms with van der Waals surface area (Å²) in [5, 5.41) is 5.65. The van der Waals surface area contributed by atoms with Gasteiger partial charge in [0.15, 0.2) is 0 Å². The van der Waals surface area contributed by atoms with E-state index in [0.29, 0.717) is 13.0 Å². The number of para-hydroxylation sites is 1. The molecule has 110 valence electrons. The summed E-state index contributed by atoms with van der Waals surface area (Å²) in [6.45, 7) is 3.45. The van der Waals surface area contributed by atoms with Gasteiger partial charge < -0.3 is 10.6 Å². The Bertz CT molecular complexity index is 459. The van der Waals surface area contributed by atoms with E-state index in [4.69, 9.17) is 0 Å². The van der Waals surface area contributed by atoms with Crippen molar-refractivity contribution in [2.24, 2.45) is 5.41 Å². The number of carbonyl (C=O) groups is 1. The molecule has 0 radical (unpaired) electrons. The standard InChI is InChI=1S/C15H20F2N2O/c1-2-7-15(8-4-9-18-10-15)14(20)19-13-11(16)5-3-6-12(13)17/h3,5-6,18H,2,4,7-10H2,1H3,(H,19,20). The van der Waals surface area contributed by atoms with Gasteiger partial charge in [-0.3, -0.25) is 4.79 Å². The summed E-state index contributed by atoms with van der Waals surface area (Å²) in [6, 6.07) is 3.57. The second-order valence-electron chi connectivity index (χ2n) is 5.36. The van der Waals surface area contributed by atoms with E-state index in [1.54, 1.807) is 0 Å². The Kier molecular flexibility index (Phi) is 4.70. The van der Waals surface area contributed by atoms with Gasteiger partial charge in [-0.15, -0.1) is 0 Å². The van der Waals surface area contributed by atoms with Gasteiger partial charge in [-0.05, 0) is 37.9 Å². The van der Waals surface area contributed by atoms with Crippen LogP contribution in [-0.4, -0.2) is 19.0 Å². The molecule has 1 aliphatic rings. The van der Waals surface area contributed by atoms with Crippen LogP contribution in [0.3, 0.4) is 0 Å². The molecule has 1 heterocycles. The Balaban J connectivity index is 2.20. The lowest BCUT2D eigenvalue weighted by molar-refractivity contribution is -0.127. The number of amides is 1. The first-order chi connectivity index (χ1) is 9.59. The van der Waals surface area contributed by atoms with E-state index in [0.717, 1.165) is 37.9 Å². The third kappa shape index (κ3) is 2.98. The summed E-state index contributed by atoms with van der Waals surface area (Å²) in [5.41, 5.74) is -0.916. The van der Waals surface area contributed by atoms with Crippen molar-refractivity contribution in [3.8, 4) is 0 Å². The van der Waals surface area contributed by atoms with E-state index >= 15 is 0 Å². The highest BCUT2D eigenvalue weighted by Gasteiger charge is 2.39. The molecule has 5 heteroatoms. The smallest absolute Gasteiger partial charge is 0.232 e. The Hall–Kier alpha value is -1.49. The maximum absolute atomic E-state index is 13.6. The fourth-order valence-corrected chi connectivity index (χ4v) is 2.83. The molecule has 1 saturated heterocycles. The van der Waals surface area contributed by atoms with Gasteiger partial charge in [0.1, 0.15) is 17.3 Å². The van der Waals surface area contributed by atoms with Crippen LogP contribution in [0.15, 0.2) is 18.2 Å². The van der Waals surface area contributed by atoms with Crippen molar-refractivity contribution < 1.29 is 13.6 Å². The molecule has 2 rings (SSSR count). The Morgan fingerprint density at radius 2 is 2.10 bits per heavy atom.